The van der Waals surface area contributed by atoms with Crippen LogP contribution >= 0.6 is 15.6 Å². The highest BCUT2D eigenvalue weighted by Gasteiger charge is 2.30. The highest BCUT2D eigenvalue weighted by molar-refractivity contribution is 7.47. The Labute approximate surface area is 524 Å². The second-order valence-corrected chi connectivity index (χ2v) is 27.4. The number of esters is 4. The van der Waals surface area contributed by atoms with Crippen molar-refractivity contribution in [1.29, 1.82) is 0 Å². The quantitative estimate of drug-likeness (QED) is 0.0222. The van der Waals surface area contributed by atoms with Crippen molar-refractivity contribution >= 4 is 39.5 Å². The molecule has 0 aliphatic heterocycles. The fourth-order valence-corrected chi connectivity index (χ4v) is 11.7. The summed E-state index contributed by atoms with van der Waals surface area (Å²) < 4.78 is 67.6. The molecule has 0 aliphatic carbocycles. The molecule has 6 atom stereocenters. The Morgan fingerprint density at radius 1 is 0.326 bits per heavy atom. The number of aliphatic hydroxyl groups is 1. The maximum atomic E-state index is 13.0. The standard InChI is InChI=1S/C67H130O17P2/c1-6-10-13-16-17-18-19-20-21-22-23-24-25-26-27-28-29-30-35-38-43-48-53-67(72)84-63(57-78-65(70)51-46-42-37-34-32-31-33-36-41-44-49-60(5)9-4)59-82-86(75,76)80-55-61(68)54-79-85(73,74)81-58-62(83-66(71)52-47-40-15-12-8-3)56-77-64(69)50-45-39-14-11-7-2/h60-63,68H,6-59H2,1-5H3,(H,73,74)(H,75,76)/t60?,61-,62+,63+/m0/s1. The number of carbonyl (C=O) groups excluding carboxylic acids is 4. The van der Waals surface area contributed by atoms with Crippen molar-refractivity contribution in [3.63, 3.8) is 0 Å². The summed E-state index contributed by atoms with van der Waals surface area (Å²) in [6.07, 6.45) is 46.9. The van der Waals surface area contributed by atoms with Gasteiger partial charge in [-0.3, -0.25) is 37.3 Å². The van der Waals surface area contributed by atoms with E-state index in [0.717, 1.165) is 102 Å². The first-order valence-corrected chi connectivity index (χ1v) is 38.2. The highest BCUT2D eigenvalue weighted by Crippen LogP contribution is 2.45. The number of hydrogen-bond donors (Lipinski definition) is 3. The van der Waals surface area contributed by atoms with E-state index in [1.807, 2.05) is 0 Å². The molecule has 0 aromatic heterocycles. The molecule has 0 amide bonds. The summed E-state index contributed by atoms with van der Waals surface area (Å²) in [6, 6.07) is 0. The molecule has 510 valence electrons. The van der Waals surface area contributed by atoms with Gasteiger partial charge in [-0.25, -0.2) is 9.13 Å². The minimum atomic E-state index is -4.94. The summed E-state index contributed by atoms with van der Waals surface area (Å²) in [6.45, 7) is 7.05. The van der Waals surface area contributed by atoms with Gasteiger partial charge in [0.25, 0.3) is 0 Å². The van der Waals surface area contributed by atoms with E-state index in [0.29, 0.717) is 25.7 Å². The minimum Gasteiger partial charge on any atom is -0.462 e. The molecule has 0 aromatic rings. The van der Waals surface area contributed by atoms with Crippen LogP contribution < -0.4 is 0 Å². The van der Waals surface area contributed by atoms with Crippen LogP contribution in [0.4, 0.5) is 0 Å². The lowest BCUT2D eigenvalue weighted by Gasteiger charge is -2.21. The first kappa shape index (κ1) is 84.1. The third-order valence-electron chi connectivity index (χ3n) is 15.9. The Bertz CT molecular complexity index is 1670. The number of unbranched alkanes of at least 4 members (excludes halogenated alkanes) is 38. The van der Waals surface area contributed by atoms with E-state index in [9.17, 15) is 43.2 Å². The lowest BCUT2D eigenvalue weighted by atomic mass is 9.99. The Kier molecular flexibility index (Phi) is 59.2. The fourth-order valence-electron chi connectivity index (χ4n) is 10.1. The van der Waals surface area contributed by atoms with Gasteiger partial charge in [0.15, 0.2) is 12.2 Å². The molecule has 0 radical (unpaired) electrons. The van der Waals surface area contributed by atoms with Crippen molar-refractivity contribution < 1.29 is 80.2 Å². The van der Waals surface area contributed by atoms with Crippen molar-refractivity contribution in [2.75, 3.05) is 39.6 Å². The van der Waals surface area contributed by atoms with Crippen molar-refractivity contribution in [2.45, 2.75) is 361 Å². The monoisotopic (exact) mass is 1270 g/mol. The fraction of sp³-hybridized carbons (Fsp3) is 0.940. The zero-order valence-electron chi connectivity index (χ0n) is 55.4. The molecular formula is C67H130O17P2. The van der Waals surface area contributed by atoms with Gasteiger partial charge in [0.2, 0.25) is 0 Å². The van der Waals surface area contributed by atoms with Crippen LogP contribution in [0.2, 0.25) is 0 Å². The summed E-state index contributed by atoms with van der Waals surface area (Å²) >= 11 is 0. The molecule has 0 spiro atoms. The van der Waals surface area contributed by atoms with E-state index < -0.39 is 97.5 Å². The van der Waals surface area contributed by atoms with Gasteiger partial charge in [0.05, 0.1) is 26.4 Å². The molecule has 3 unspecified atom stereocenters. The molecule has 0 aromatic carbocycles. The highest BCUT2D eigenvalue weighted by atomic mass is 31.2. The SMILES string of the molecule is CCCCCCCCCCCCCCCCCCCCCCCCC(=O)O[C@H](COC(=O)CCCCCCCCCCCCC(C)CC)COP(=O)(O)OC[C@@H](O)COP(=O)(O)OC[C@@H](COC(=O)CCCCCCC)OC(=O)CCCCCCC. The minimum absolute atomic E-state index is 0.0989. The van der Waals surface area contributed by atoms with Gasteiger partial charge < -0.3 is 33.8 Å². The Morgan fingerprint density at radius 3 is 0.826 bits per heavy atom. The zero-order chi connectivity index (χ0) is 63.5. The molecule has 0 saturated carbocycles. The third kappa shape index (κ3) is 59.7. The lowest BCUT2D eigenvalue weighted by molar-refractivity contribution is -0.161. The van der Waals surface area contributed by atoms with E-state index in [4.69, 9.17) is 37.0 Å². The summed E-state index contributed by atoms with van der Waals surface area (Å²) in [5.74, 6) is -1.34. The first-order valence-electron chi connectivity index (χ1n) is 35.2. The van der Waals surface area contributed by atoms with Crippen LogP contribution in [0.25, 0.3) is 0 Å². The van der Waals surface area contributed by atoms with Crippen LogP contribution in [0.3, 0.4) is 0 Å². The van der Waals surface area contributed by atoms with Gasteiger partial charge in [0.1, 0.15) is 19.3 Å². The smallest absolute Gasteiger partial charge is 0.462 e. The maximum absolute atomic E-state index is 13.0. The van der Waals surface area contributed by atoms with Crippen molar-refractivity contribution in [3.05, 3.63) is 0 Å². The number of rotatable bonds is 67. The molecule has 19 heteroatoms. The Morgan fingerprint density at radius 2 is 0.558 bits per heavy atom. The van der Waals surface area contributed by atoms with Crippen molar-refractivity contribution in [2.24, 2.45) is 5.92 Å². The number of carbonyl (C=O) groups is 4. The maximum Gasteiger partial charge on any atom is 0.472 e. The van der Waals surface area contributed by atoms with Crippen LogP contribution in [0, 0.1) is 5.92 Å². The first-order chi connectivity index (χ1) is 41.6. The van der Waals surface area contributed by atoms with Crippen LogP contribution in [0.5, 0.6) is 0 Å². The average Bonchev–Trinajstić information content (AvgIpc) is 3.62. The van der Waals surface area contributed by atoms with E-state index in [2.05, 4.69) is 34.6 Å². The second-order valence-electron chi connectivity index (χ2n) is 24.5. The summed E-state index contributed by atoms with van der Waals surface area (Å²) in [4.78, 5) is 71.8. The Balaban J connectivity index is 5.03. The summed E-state index contributed by atoms with van der Waals surface area (Å²) in [7, 11) is -9.87. The van der Waals surface area contributed by atoms with Crippen molar-refractivity contribution in [1.82, 2.24) is 0 Å². The number of phosphoric acid groups is 2. The molecular weight excluding hydrogens is 1140 g/mol. The van der Waals surface area contributed by atoms with Gasteiger partial charge in [0, 0.05) is 25.7 Å². The zero-order valence-corrected chi connectivity index (χ0v) is 57.2. The van der Waals surface area contributed by atoms with Crippen LogP contribution in [0.1, 0.15) is 343 Å². The normalized spacial score (nSPS) is 14.5. The second kappa shape index (κ2) is 60.6. The molecule has 0 aliphatic rings. The largest absolute Gasteiger partial charge is 0.472 e. The van der Waals surface area contributed by atoms with Gasteiger partial charge in [-0.2, -0.15) is 0 Å². The molecule has 0 fully saturated rings. The van der Waals surface area contributed by atoms with E-state index >= 15 is 0 Å². The van der Waals surface area contributed by atoms with E-state index in [1.54, 1.807) is 0 Å². The summed E-state index contributed by atoms with van der Waals surface area (Å²) in [5, 5.41) is 10.5. The third-order valence-corrected chi connectivity index (χ3v) is 17.8. The predicted octanol–water partition coefficient (Wildman–Crippen LogP) is 19.0. The topological polar surface area (TPSA) is 237 Å². The Hall–Kier alpha value is -1.94. The van der Waals surface area contributed by atoms with Crippen LogP contribution in [-0.2, 0) is 65.4 Å². The molecule has 0 rings (SSSR count). The number of aliphatic hydroxyl groups excluding tert-OH is 1. The lowest BCUT2D eigenvalue weighted by Crippen LogP contribution is -2.30. The number of ether oxygens (including phenoxy) is 4. The van der Waals surface area contributed by atoms with Gasteiger partial charge >= 0.3 is 39.5 Å². The molecule has 0 saturated heterocycles. The molecule has 86 heavy (non-hydrogen) atoms. The van der Waals surface area contributed by atoms with Gasteiger partial charge in [-0.05, 0) is 31.6 Å². The van der Waals surface area contributed by atoms with Crippen molar-refractivity contribution in [3.8, 4) is 0 Å². The average molecular weight is 1270 g/mol. The number of phosphoric ester groups is 2. The molecule has 0 bridgehead atoms. The van der Waals surface area contributed by atoms with E-state index in [-0.39, 0.29) is 25.7 Å². The van der Waals surface area contributed by atoms with Gasteiger partial charge in [-0.1, -0.05) is 291 Å². The molecule has 3 N–H and O–H groups in total. The summed E-state index contributed by atoms with van der Waals surface area (Å²) in [5.41, 5.74) is 0. The number of hydrogen-bond acceptors (Lipinski definition) is 15. The van der Waals surface area contributed by atoms with Gasteiger partial charge in [-0.15, -0.1) is 0 Å². The molecule has 17 nitrogen and oxygen atoms in total. The molecule has 0 heterocycles. The van der Waals surface area contributed by atoms with Crippen LogP contribution in [-0.4, -0.2) is 96.7 Å². The predicted molar refractivity (Wildman–Crippen MR) is 345 cm³/mol. The van der Waals surface area contributed by atoms with Crippen LogP contribution in [0.15, 0.2) is 0 Å². The van der Waals surface area contributed by atoms with E-state index in [1.165, 1.54) is 161 Å².